The summed E-state index contributed by atoms with van der Waals surface area (Å²) >= 11 is 0. The molecule has 2 aromatic rings. The Hall–Kier alpha value is -2.50. The van der Waals surface area contributed by atoms with Crippen LogP contribution >= 0.6 is 0 Å². The highest BCUT2D eigenvalue weighted by molar-refractivity contribution is 6.04. The molecular weight excluding hydrogens is 259 g/mol. The first-order chi connectivity index (χ1) is 9.60. The smallest absolute Gasteiger partial charge is 0.255 e. The number of carbonyl (C=O) groups excluding carboxylic acids is 1. The molecule has 0 radical (unpaired) electrons. The second kappa shape index (κ2) is 6.10. The molecule has 0 aliphatic carbocycles. The van der Waals surface area contributed by atoms with E-state index in [2.05, 4.69) is 15.3 Å². The number of rotatable bonds is 4. The zero-order valence-electron chi connectivity index (χ0n) is 11.1. The Morgan fingerprint density at radius 3 is 2.95 bits per heavy atom. The predicted molar refractivity (Wildman–Crippen MR) is 74.8 cm³/mol. The lowest BCUT2D eigenvalue weighted by Gasteiger charge is -2.08. The van der Waals surface area contributed by atoms with Gasteiger partial charge in [-0.15, -0.1) is 0 Å². The fraction of sp³-hybridized carbons (Fsp3) is 0.214. The summed E-state index contributed by atoms with van der Waals surface area (Å²) in [6, 6.07) is 4.52. The molecule has 2 aromatic heterocycles. The lowest BCUT2D eigenvalue weighted by atomic mass is 10.1. The van der Waals surface area contributed by atoms with E-state index < -0.39 is 11.7 Å². The van der Waals surface area contributed by atoms with Crippen molar-refractivity contribution < 1.29 is 9.18 Å². The highest BCUT2D eigenvalue weighted by Crippen LogP contribution is 2.15. The molecular formula is C14H15FN4O. The van der Waals surface area contributed by atoms with Crippen molar-refractivity contribution in [1.29, 1.82) is 0 Å². The normalized spacial score (nSPS) is 10.3. The van der Waals surface area contributed by atoms with Gasteiger partial charge in [0, 0.05) is 17.5 Å². The molecule has 20 heavy (non-hydrogen) atoms. The van der Waals surface area contributed by atoms with Gasteiger partial charge in [-0.3, -0.25) is 9.78 Å². The van der Waals surface area contributed by atoms with Crippen LogP contribution in [-0.2, 0) is 6.42 Å². The summed E-state index contributed by atoms with van der Waals surface area (Å²) in [5, 5.41) is 2.49. The topological polar surface area (TPSA) is 80.9 Å². The largest absolute Gasteiger partial charge is 0.384 e. The molecule has 6 heteroatoms. The standard InChI is InChI=1S/C14H15FN4O/c1-2-3-10-6-9(7-13(16)18-10)14(20)19-12-4-5-17-8-11(12)15/h4-8H,2-3H2,1H3,(H2,16,18)(H,17,19,20). The summed E-state index contributed by atoms with van der Waals surface area (Å²) in [6.45, 7) is 2.01. The number of anilines is 2. The van der Waals surface area contributed by atoms with Gasteiger partial charge in [0.1, 0.15) is 5.82 Å². The third-order valence-electron chi connectivity index (χ3n) is 2.69. The fourth-order valence-electron chi connectivity index (χ4n) is 1.80. The van der Waals surface area contributed by atoms with Crippen LogP contribution in [0.2, 0.25) is 0 Å². The molecule has 3 N–H and O–H groups in total. The lowest BCUT2D eigenvalue weighted by molar-refractivity contribution is 0.102. The fourth-order valence-corrected chi connectivity index (χ4v) is 1.80. The maximum absolute atomic E-state index is 13.4. The Morgan fingerprint density at radius 2 is 2.25 bits per heavy atom. The average molecular weight is 274 g/mol. The van der Waals surface area contributed by atoms with E-state index in [4.69, 9.17) is 5.73 Å². The van der Waals surface area contributed by atoms with Crippen LogP contribution in [0.4, 0.5) is 15.9 Å². The first-order valence-corrected chi connectivity index (χ1v) is 6.27. The average Bonchev–Trinajstić information content (AvgIpc) is 2.41. The first-order valence-electron chi connectivity index (χ1n) is 6.27. The van der Waals surface area contributed by atoms with Crippen LogP contribution in [0.3, 0.4) is 0 Å². The molecule has 2 heterocycles. The van der Waals surface area contributed by atoms with Gasteiger partial charge in [-0.1, -0.05) is 13.3 Å². The molecule has 2 rings (SSSR count). The molecule has 1 amide bonds. The SMILES string of the molecule is CCCc1cc(C(=O)Nc2ccncc2F)cc(N)n1. The van der Waals surface area contributed by atoms with Crippen LogP contribution in [-0.4, -0.2) is 15.9 Å². The van der Waals surface area contributed by atoms with E-state index >= 15 is 0 Å². The molecule has 0 fully saturated rings. The number of nitrogen functional groups attached to an aromatic ring is 1. The van der Waals surface area contributed by atoms with Gasteiger partial charge in [-0.2, -0.15) is 0 Å². The second-order valence-electron chi connectivity index (χ2n) is 4.33. The molecule has 5 nitrogen and oxygen atoms in total. The monoisotopic (exact) mass is 274 g/mol. The van der Waals surface area contributed by atoms with Crippen molar-refractivity contribution in [2.24, 2.45) is 0 Å². The summed E-state index contributed by atoms with van der Waals surface area (Å²) in [5.74, 6) is -0.741. The summed E-state index contributed by atoms with van der Waals surface area (Å²) in [7, 11) is 0. The van der Waals surface area contributed by atoms with E-state index in [1.807, 2.05) is 6.92 Å². The highest BCUT2D eigenvalue weighted by atomic mass is 19.1. The van der Waals surface area contributed by atoms with Gasteiger partial charge >= 0.3 is 0 Å². The zero-order valence-corrected chi connectivity index (χ0v) is 11.1. The van der Waals surface area contributed by atoms with E-state index in [-0.39, 0.29) is 11.5 Å². The third-order valence-corrected chi connectivity index (χ3v) is 2.69. The number of aryl methyl sites for hydroxylation is 1. The molecule has 0 aliphatic rings. The van der Waals surface area contributed by atoms with Crippen molar-refractivity contribution in [3.8, 4) is 0 Å². The summed E-state index contributed by atoms with van der Waals surface area (Å²) in [6.07, 6.45) is 4.08. The number of halogens is 1. The Kier molecular flexibility index (Phi) is 4.24. The molecule has 0 bridgehead atoms. The lowest BCUT2D eigenvalue weighted by Crippen LogP contribution is -2.14. The Balaban J connectivity index is 2.23. The van der Waals surface area contributed by atoms with Crippen LogP contribution in [0.15, 0.2) is 30.6 Å². The van der Waals surface area contributed by atoms with Gasteiger partial charge < -0.3 is 11.1 Å². The van der Waals surface area contributed by atoms with Crippen LogP contribution < -0.4 is 11.1 Å². The Morgan fingerprint density at radius 1 is 1.45 bits per heavy atom. The molecule has 0 atom stereocenters. The first kappa shape index (κ1) is 13.9. The van der Waals surface area contributed by atoms with Gasteiger partial charge in [-0.25, -0.2) is 9.37 Å². The van der Waals surface area contributed by atoms with Gasteiger partial charge in [0.2, 0.25) is 0 Å². The predicted octanol–water partition coefficient (Wildman–Crippen LogP) is 2.40. The molecule has 0 saturated heterocycles. The second-order valence-corrected chi connectivity index (χ2v) is 4.33. The molecule has 0 saturated carbocycles. The van der Waals surface area contributed by atoms with Gasteiger partial charge in [0.15, 0.2) is 5.82 Å². The van der Waals surface area contributed by atoms with Crippen molar-refractivity contribution >= 4 is 17.4 Å². The number of nitrogens with zero attached hydrogens (tertiary/aromatic N) is 2. The number of nitrogens with two attached hydrogens (primary N) is 1. The van der Waals surface area contributed by atoms with Crippen LogP contribution in [0, 0.1) is 5.82 Å². The minimum atomic E-state index is -0.586. The van der Waals surface area contributed by atoms with Crippen molar-refractivity contribution in [2.75, 3.05) is 11.1 Å². The summed E-state index contributed by atoms with van der Waals surface area (Å²) in [4.78, 5) is 19.9. The van der Waals surface area contributed by atoms with Crippen molar-refractivity contribution in [1.82, 2.24) is 9.97 Å². The number of carbonyl (C=O) groups is 1. The Bertz CT molecular complexity index is 630. The number of hydrogen-bond donors (Lipinski definition) is 2. The van der Waals surface area contributed by atoms with Gasteiger partial charge in [0.25, 0.3) is 5.91 Å². The minimum absolute atomic E-state index is 0.0809. The molecule has 104 valence electrons. The number of hydrogen-bond acceptors (Lipinski definition) is 4. The van der Waals surface area contributed by atoms with E-state index in [1.54, 1.807) is 6.07 Å². The van der Waals surface area contributed by atoms with Crippen molar-refractivity contribution in [2.45, 2.75) is 19.8 Å². The quantitative estimate of drug-likeness (QED) is 0.897. The number of nitrogens with one attached hydrogen (secondary N) is 1. The van der Waals surface area contributed by atoms with E-state index in [0.29, 0.717) is 5.56 Å². The van der Waals surface area contributed by atoms with Crippen LogP contribution in [0.1, 0.15) is 29.4 Å². The summed E-state index contributed by atoms with van der Waals surface area (Å²) in [5.41, 5.74) is 6.86. The molecule has 0 unspecified atom stereocenters. The van der Waals surface area contributed by atoms with E-state index in [0.717, 1.165) is 24.7 Å². The van der Waals surface area contributed by atoms with E-state index in [1.165, 1.54) is 18.3 Å². The third kappa shape index (κ3) is 3.28. The van der Waals surface area contributed by atoms with Gasteiger partial charge in [-0.05, 0) is 24.6 Å². The highest BCUT2D eigenvalue weighted by Gasteiger charge is 2.11. The maximum atomic E-state index is 13.4. The molecule has 0 spiro atoms. The molecule has 0 aromatic carbocycles. The number of pyridine rings is 2. The van der Waals surface area contributed by atoms with Crippen molar-refractivity contribution in [3.63, 3.8) is 0 Å². The van der Waals surface area contributed by atoms with Crippen LogP contribution in [0.25, 0.3) is 0 Å². The zero-order chi connectivity index (χ0) is 14.5. The van der Waals surface area contributed by atoms with E-state index in [9.17, 15) is 9.18 Å². The summed E-state index contributed by atoms with van der Waals surface area (Å²) < 4.78 is 13.4. The van der Waals surface area contributed by atoms with Crippen molar-refractivity contribution in [3.05, 3.63) is 47.7 Å². The van der Waals surface area contributed by atoms with Crippen LogP contribution in [0.5, 0.6) is 0 Å². The minimum Gasteiger partial charge on any atom is -0.384 e. The maximum Gasteiger partial charge on any atom is 0.255 e. The molecule has 0 aliphatic heterocycles. The Labute approximate surface area is 116 Å². The number of amides is 1. The van der Waals surface area contributed by atoms with Gasteiger partial charge in [0.05, 0.1) is 11.9 Å². The number of aromatic nitrogens is 2.